The predicted octanol–water partition coefficient (Wildman–Crippen LogP) is 3.21. The highest BCUT2D eigenvalue weighted by Gasteiger charge is 2.26. The van der Waals surface area contributed by atoms with Crippen molar-refractivity contribution >= 4 is 11.8 Å². The molecule has 0 bridgehead atoms. The fourth-order valence-electron chi connectivity index (χ4n) is 2.78. The first-order valence-corrected chi connectivity index (χ1v) is 7.50. The molecular formula is C16H24N2O2. The van der Waals surface area contributed by atoms with Gasteiger partial charge in [0.25, 0.3) is 0 Å². The lowest BCUT2D eigenvalue weighted by molar-refractivity contribution is 0.0696. The van der Waals surface area contributed by atoms with Gasteiger partial charge in [0.05, 0.1) is 5.56 Å². The second kappa shape index (κ2) is 6.25. The topological polar surface area (TPSA) is 53.4 Å². The highest BCUT2D eigenvalue weighted by Crippen LogP contribution is 2.28. The van der Waals surface area contributed by atoms with Gasteiger partial charge in [-0.3, -0.25) is 0 Å². The molecule has 0 aliphatic carbocycles. The Balaban J connectivity index is 2.24. The van der Waals surface area contributed by atoms with E-state index in [1.165, 1.54) is 6.42 Å². The molecule has 1 aliphatic rings. The molecule has 1 aromatic heterocycles. The molecule has 20 heavy (non-hydrogen) atoms. The number of aromatic nitrogens is 1. The molecule has 0 radical (unpaired) electrons. The minimum Gasteiger partial charge on any atom is -0.478 e. The molecule has 2 heterocycles. The highest BCUT2D eigenvalue weighted by atomic mass is 16.4. The van der Waals surface area contributed by atoms with Gasteiger partial charge in [-0.1, -0.05) is 27.2 Å². The summed E-state index contributed by atoms with van der Waals surface area (Å²) in [5.41, 5.74) is 1.24. The average molecular weight is 276 g/mol. The van der Waals surface area contributed by atoms with Gasteiger partial charge in [0.15, 0.2) is 0 Å². The lowest BCUT2D eigenvalue weighted by Gasteiger charge is -2.20. The summed E-state index contributed by atoms with van der Waals surface area (Å²) in [7, 11) is 0. The Morgan fingerprint density at radius 2 is 2.25 bits per heavy atom. The normalized spacial score (nSPS) is 18.8. The lowest BCUT2D eigenvalue weighted by atomic mass is 9.95. The summed E-state index contributed by atoms with van der Waals surface area (Å²) in [5.74, 6) is 1.31. The molecule has 1 aromatic rings. The fourth-order valence-corrected chi connectivity index (χ4v) is 2.78. The molecule has 0 saturated carbocycles. The van der Waals surface area contributed by atoms with Crippen LogP contribution in [0.1, 0.15) is 49.7 Å². The van der Waals surface area contributed by atoms with Gasteiger partial charge in [-0.2, -0.15) is 0 Å². The van der Waals surface area contributed by atoms with Crippen molar-refractivity contribution in [2.75, 3.05) is 18.0 Å². The third-order valence-electron chi connectivity index (χ3n) is 4.11. The summed E-state index contributed by atoms with van der Waals surface area (Å²) in [6.07, 6.45) is 2.97. The fraction of sp³-hybridized carbons (Fsp3) is 0.625. The minimum absolute atomic E-state index is 0.353. The average Bonchev–Trinajstić information content (AvgIpc) is 2.88. The van der Waals surface area contributed by atoms with E-state index >= 15 is 0 Å². The number of aryl methyl sites for hydroxylation is 1. The molecular weight excluding hydrogens is 252 g/mol. The Morgan fingerprint density at radius 1 is 1.50 bits per heavy atom. The second-order valence-corrected chi connectivity index (χ2v) is 6.00. The van der Waals surface area contributed by atoms with Crippen LogP contribution in [0.2, 0.25) is 0 Å². The van der Waals surface area contributed by atoms with Gasteiger partial charge >= 0.3 is 5.97 Å². The Morgan fingerprint density at radius 3 is 2.80 bits per heavy atom. The minimum atomic E-state index is -0.870. The van der Waals surface area contributed by atoms with Gasteiger partial charge in [0, 0.05) is 18.8 Å². The molecule has 1 aliphatic heterocycles. The van der Waals surface area contributed by atoms with Crippen LogP contribution in [0, 0.1) is 11.8 Å². The van der Waals surface area contributed by atoms with Gasteiger partial charge in [-0.25, -0.2) is 9.78 Å². The molecule has 1 unspecified atom stereocenters. The standard InChI is InChI=1S/C16H24N2O2/c1-4-5-14-8-13(16(19)20)9-15(17-14)18-7-6-12(10-18)11(2)3/h8-9,11-12H,4-7,10H2,1-3H3,(H,19,20). The quantitative estimate of drug-likeness (QED) is 0.897. The van der Waals surface area contributed by atoms with Crippen LogP contribution < -0.4 is 4.90 Å². The molecule has 4 heteroatoms. The number of pyridine rings is 1. The van der Waals surface area contributed by atoms with E-state index in [4.69, 9.17) is 0 Å². The number of anilines is 1. The molecule has 0 spiro atoms. The van der Waals surface area contributed by atoms with Crippen molar-refractivity contribution in [3.63, 3.8) is 0 Å². The summed E-state index contributed by atoms with van der Waals surface area (Å²) in [4.78, 5) is 18.1. The number of nitrogens with zero attached hydrogens (tertiary/aromatic N) is 2. The number of aromatic carboxylic acids is 1. The van der Waals surface area contributed by atoms with Crippen molar-refractivity contribution in [2.24, 2.45) is 11.8 Å². The zero-order chi connectivity index (χ0) is 14.7. The molecule has 0 aromatic carbocycles. The molecule has 1 N–H and O–H groups in total. The van der Waals surface area contributed by atoms with Crippen LogP contribution in [0.25, 0.3) is 0 Å². The summed E-state index contributed by atoms with van der Waals surface area (Å²) in [6.45, 7) is 8.54. The molecule has 110 valence electrons. The number of rotatable bonds is 5. The van der Waals surface area contributed by atoms with Gasteiger partial charge in [0.2, 0.25) is 0 Å². The number of carboxylic acid groups (broad SMARTS) is 1. The van der Waals surface area contributed by atoms with E-state index in [2.05, 4.69) is 30.7 Å². The van der Waals surface area contributed by atoms with Crippen LogP contribution in [0.5, 0.6) is 0 Å². The number of hydrogen-bond acceptors (Lipinski definition) is 3. The first-order chi connectivity index (χ1) is 9.51. The predicted molar refractivity (Wildman–Crippen MR) is 80.3 cm³/mol. The maximum Gasteiger partial charge on any atom is 0.335 e. The molecule has 1 saturated heterocycles. The largest absolute Gasteiger partial charge is 0.478 e. The van der Waals surface area contributed by atoms with Crippen molar-refractivity contribution < 1.29 is 9.90 Å². The van der Waals surface area contributed by atoms with Crippen LogP contribution in [-0.2, 0) is 6.42 Å². The molecule has 0 amide bonds. The summed E-state index contributed by atoms with van der Waals surface area (Å²) in [6, 6.07) is 3.41. The third-order valence-corrected chi connectivity index (χ3v) is 4.11. The summed E-state index contributed by atoms with van der Waals surface area (Å²) >= 11 is 0. The number of hydrogen-bond donors (Lipinski definition) is 1. The highest BCUT2D eigenvalue weighted by molar-refractivity contribution is 5.88. The lowest BCUT2D eigenvalue weighted by Crippen LogP contribution is -2.23. The van der Waals surface area contributed by atoms with E-state index in [0.29, 0.717) is 17.4 Å². The van der Waals surface area contributed by atoms with E-state index in [0.717, 1.165) is 37.4 Å². The molecule has 4 nitrogen and oxygen atoms in total. The van der Waals surface area contributed by atoms with Crippen molar-refractivity contribution in [1.29, 1.82) is 0 Å². The van der Waals surface area contributed by atoms with E-state index in [-0.39, 0.29) is 0 Å². The van der Waals surface area contributed by atoms with E-state index in [1.54, 1.807) is 12.1 Å². The van der Waals surface area contributed by atoms with Crippen LogP contribution >= 0.6 is 0 Å². The monoisotopic (exact) mass is 276 g/mol. The zero-order valence-electron chi connectivity index (χ0n) is 12.6. The number of carbonyl (C=O) groups is 1. The van der Waals surface area contributed by atoms with Crippen molar-refractivity contribution in [1.82, 2.24) is 4.98 Å². The Labute approximate surface area is 120 Å². The van der Waals surface area contributed by atoms with Crippen molar-refractivity contribution in [3.8, 4) is 0 Å². The summed E-state index contributed by atoms with van der Waals surface area (Å²) < 4.78 is 0. The first kappa shape index (κ1) is 14.8. The summed E-state index contributed by atoms with van der Waals surface area (Å²) in [5, 5.41) is 9.24. The SMILES string of the molecule is CCCc1cc(C(=O)O)cc(N2CCC(C(C)C)C2)n1. The first-order valence-electron chi connectivity index (χ1n) is 7.50. The Hall–Kier alpha value is -1.58. The van der Waals surface area contributed by atoms with E-state index in [9.17, 15) is 9.90 Å². The van der Waals surface area contributed by atoms with Crippen molar-refractivity contribution in [2.45, 2.75) is 40.0 Å². The van der Waals surface area contributed by atoms with E-state index < -0.39 is 5.97 Å². The van der Waals surface area contributed by atoms with Crippen molar-refractivity contribution in [3.05, 3.63) is 23.4 Å². The van der Waals surface area contributed by atoms with Crippen LogP contribution in [-0.4, -0.2) is 29.1 Å². The maximum absolute atomic E-state index is 11.3. The molecule has 1 fully saturated rings. The molecule has 2 rings (SSSR count). The van der Waals surface area contributed by atoms with Gasteiger partial charge < -0.3 is 10.0 Å². The smallest absolute Gasteiger partial charge is 0.335 e. The van der Waals surface area contributed by atoms with E-state index in [1.807, 2.05) is 0 Å². The van der Waals surface area contributed by atoms with Crippen LogP contribution in [0.15, 0.2) is 12.1 Å². The Bertz CT molecular complexity index is 485. The van der Waals surface area contributed by atoms with Gasteiger partial charge in [0.1, 0.15) is 5.82 Å². The third kappa shape index (κ3) is 3.30. The molecule has 1 atom stereocenters. The van der Waals surface area contributed by atoms with Gasteiger partial charge in [-0.15, -0.1) is 0 Å². The maximum atomic E-state index is 11.3. The number of carboxylic acids is 1. The van der Waals surface area contributed by atoms with Gasteiger partial charge in [-0.05, 0) is 36.8 Å². The van der Waals surface area contributed by atoms with Crippen LogP contribution in [0.4, 0.5) is 5.82 Å². The zero-order valence-corrected chi connectivity index (χ0v) is 12.6. The second-order valence-electron chi connectivity index (χ2n) is 6.00. The van der Waals surface area contributed by atoms with Crippen LogP contribution in [0.3, 0.4) is 0 Å². The Kier molecular flexibility index (Phi) is 4.63.